The average Bonchev–Trinajstić information content (AvgIpc) is 3.55. The Kier molecular flexibility index (Phi) is 5.25. The van der Waals surface area contributed by atoms with Crippen molar-refractivity contribution >= 4 is 5.91 Å². The van der Waals surface area contributed by atoms with E-state index in [-0.39, 0.29) is 0 Å². The highest BCUT2D eigenvalue weighted by atomic mass is 16.5. The van der Waals surface area contributed by atoms with Crippen molar-refractivity contribution in [1.29, 1.82) is 0 Å². The molecule has 0 N–H and O–H groups in total. The number of carbonyl (C=O) groups excluding carboxylic acids is 1. The fourth-order valence-electron chi connectivity index (χ4n) is 5.54. The van der Waals surface area contributed by atoms with Gasteiger partial charge in [-0.15, -0.1) is 10.2 Å². The number of ether oxygens (including phenoxy) is 1. The zero-order valence-electron chi connectivity index (χ0n) is 17.9. The second-order valence-corrected chi connectivity index (χ2v) is 9.29. The molecule has 2 saturated carbocycles. The van der Waals surface area contributed by atoms with E-state index in [4.69, 9.17) is 4.74 Å². The Morgan fingerprint density at radius 2 is 1.83 bits per heavy atom. The molecule has 6 nitrogen and oxygen atoms in total. The van der Waals surface area contributed by atoms with Crippen molar-refractivity contribution in [1.82, 2.24) is 19.7 Å². The molecule has 30 heavy (non-hydrogen) atoms. The highest BCUT2D eigenvalue weighted by Crippen LogP contribution is 2.43. The molecule has 1 amide bonds. The van der Waals surface area contributed by atoms with Crippen LogP contribution in [-0.4, -0.2) is 45.8 Å². The molecule has 2 aromatic rings. The van der Waals surface area contributed by atoms with E-state index >= 15 is 0 Å². The first-order chi connectivity index (χ1) is 14.7. The van der Waals surface area contributed by atoms with E-state index in [0.29, 0.717) is 17.9 Å². The van der Waals surface area contributed by atoms with Crippen LogP contribution in [0.3, 0.4) is 0 Å². The summed E-state index contributed by atoms with van der Waals surface area (Å²) in [4.78, 5) is 16.2. The third-order valence-corrected chi connectivity index (χ3v) is 7.37. The van der Waals surface area contributed by atoms with Crippen LogP contribution in [0.2, 0.25) is 0 Å². The first-order valence-corrected chi connectivity index (χ1v) is 11.5. The summed E-state index contributed by atoms with van der Waals surface area (Å²) in [6.45, 7) is 1.62. The van der Waals surface area contributed by atoms with Crippen LogP contribution in [-0.2, 0) is 10.2 Å². The maximum Gasteiger partial charge on any atom is 0.233 e. The van der Waals surface area contributed by atoms with Crippen LogP contribution in [0, 0.1) is 0 Å². The van der Waals surface area contributed by atoms with Crippen molar-refractivity contribution in [2.24, 2.45) is 0 Å². The van der Waals surface area contributed by atoms with Crippen molar-refractivity contribution in [2.45, 2.75) is 75.2 Å². The number of benzene rings is 1. The normalized spacial score (nSPS) is 23.9. The quantitative estimate of drug-likeness (QED) is 0.743. The molecule has 0 unspecified atom stereocenters. The van der Waals surface area contributed by atoms with E-state index in [0.717, 1.165) is 68.8 Å². The second-order valence-electron chi connectivity index (χ2n) is 9.29. The molecule has 0 radical (unpaired) electrons. The topological polar surface area (TPSA) is 60.2 Å². The summed E-state index contributed by atoms with van der Waals surface area (Å²) in [5.41, 5.74) is 0.757. The molecule has 1 aliphatic heterocycles. The SMILES string of the molecule is COc1ccc(C2(C(=O)N3CCC[C@H](c4nncn4C4CC4)C3)CCCCC2)cc1. The predicted octanol–water partition coefficient (Wildman–Crippen LogP) is 4.23. The first kappa shape index (κ1) is 19.6. The smallest absolute Gasteiger partial charge is 0.233 e. The second kappa shape index (κ2) is 8.05. The van der Waals surface area contributed by atoms with Crippen molar-refractivity contribution in [3.05, 3.63) is 42.0 Å². The summed E-state index contributed by atoms with van der Waals surface area (Å²) in [6, 6.07) is 8.78. The van der Waals surface area contributed by atoms with Gasteiger partial charge in [0.1, 0.15) is 17.9 Å². The number of methoxy groups -OCH3 is 1. The van der Waals surface area contributed by atoms with E-state index in [1.807, 2.05) is 18.5 Å². The van der Waals surface area contributed by atoms with E-state index in [2.05, 4.69) is 31.8 Å². The Morgan fingerprint density at radius 3 is 2.53 bits per heavy atom. The van der Waals surface area contributed by atoms with Gasteiger partial charge in [-0.1, -0.05) is 31.4 Å². The van der Waals surface area contributed by atoms with Crippen molar-refractivity contribution in [2.75, 3.05) is 20.2 Å². The third-order valence-electron chi connectivity index (χ3n) is 7.37. The lowest BCUT2D eigenvalue weighted by Gasteiger charge is -2.43. The van der Waals surface area contributed by atoms with Crippen LogP contribution >= 0.6 is 0 Å². The first-order valence-electron chi connectivity index (χ1n) is 11.5. The van der Waals surface area contributed by atoms with Crippen LogP contribution in [0.15, 0.2) is 30.6 Å². The van der Waals surface area contributed by atoms with E-state index in [1.54, 1.807) is 7.11 Å². The molecule has 2 heterocycles. The van der Waals surface area contributed by atoms with Gasteiger partial charge in [-0.05, 0) is 56.2 Å². The molecular weight excluding hydrogens is 376 g/mol. The van der Waals surface area contributed by atoms with Crippen LogP contribution in [0.1, 0.15) is 81.1 Å². The number of nitrogens with zero attached hydrogens (tertiary/aromatic N) is 4. The van der Waals surface area contributed by atoms with Crippen LogP contribution in [0.4, 0.5) is 0 Å². The monoisotopic (exact) mass is 408 g/mol. The largest absolute Gasteiger partial charge is 0.497 e. The van der Waals surface area contributed by atoms with Crippen molar-refractivity contribution < 1.29 is 9.53 Å². The lowest BCUT2D eigenvalue weighted by atomic mass is 9.68. The van der Waals surface area contributed by atoms with Gasteiger partial charge in [0.05, 0.1) is 12.5 Å². The van der Waals surface area contributed by atoms with Crippen LogP contribution < -0.4 is 4.74 Å². The number of aromatic nitrogens is 3. The maximum absolute atomic E-state index is 14.0. The summed E-state index contributed by atoms with van der Waals surface area (Å²) in [5, 5.41) is 8.66. The van der Waals surface area contributed by atoms with Crippen LogP contribution in [0.25, 0.3) is 0 Å². The van der Waals surface area contributed by atoms with Crippen molar-refractivity contribution in [3.63, 3.8) is 0 Å². The molecule has 5 rings (SSSR count). The van der Waals surface area contributed by atoms with E-state index in [1.165, 1.54) is 19.3 Å². The Hall–Kier alpha value is -2.37. The summed E-state index contributed by atoms with van der Waals surface area (Å²) < 4.78 is 7.61. The highest BCUT2D eigenvalue weighted by Gasteiger charge is 2.45. The summed E-state index contributed by atoms with van der Waals surface area (Å²) in [7, 11) is 1.69. The highest BCUT2D eigenvalue weighted by molar-refractivity contribution is 5.88. The van der Waals surface area contributed by atoms with Gasteiger partial charge in [-0.25, -0.2) is 0 Å². The van der Waals surface area contributed by atoms with E-state index in [9.17, 15) is 4.79 Å². The molecule has 0 spiro atoms. The Morgan fingerprint density at radius 1 is 1.07 bits per heavy atom. The molecule has 6 heteroatoms. The Bertz CT molecular complexity index is 881. The minimum atomic E-state index is -0.392. The lowest BCUT2D eigenvalue weighted by molar-refractivity contribution is -0.140. The van der Waals surface area contributed by atoms with Gasteiger partial charge in [0.25, 0.3) is 0 Å². The van der Waals surface area contributed by atoms with Gasteiger partial charge in [0.15, 0.2) is 0 Å². The van der Waals surface area contributed by atoms with Gasteiger partial charge < -0.3 is 14.2 Å². The molecular formula is C24H32N4O2. The van der Waals surface area contributed by atoms with Gasteiger partial charge in [0, 0.05) is 25.0 Å². The molecule has 1 saturated heterocycles. The summed E-state index contributed by atoms with van der Waals surface area (Å²) in [6.07, 6.45) is 11.8. The number of piperidine rings is 1. The molecule has 1 atom stereocenters. The molecule has 2 aliphatic carbocycles. The standard InChI is InChI=1S/C24H32N4O2/c1-30-21-11-7-19(8-12-21)24(13-3-2-4-14-24)23(29)27-15-5-6-18(16-27)22-26-25-17-28(22)20-9-10-20/h7-8,11-12,17-18,20H,2-6,9-10,13-16H2,1H3/t18-/m0/s1. The van der Waals surface area contributed by atoms with E-state index < -0.39 is 5.41 Å². The molecule has 1 aromatic carbocycles. The van der Waals surface area contributed by atoms with Gasteiger partial charge in [-0.2, -0.15) is 0 Å². The minimum Gasteiger partial charge on any atom is -0.497 e. The number of hydrogen-bond donors (Lipinski definition) is 0. The number of hydrogen-bond acceptors (Lipinski definition) is 4. The molecule has 3 aliphatic rings. The number of amides is 1. The fourth-order valence-corrected chi connectivity index (χ4v) is 5.54. The molecule has 1 aromatic heterocycles. The van der Waals surface area contributed by atoms with Gasteiger partial charge >= 0.3 is 0 Å². The fraction of sp³-hybridized carbons (Fsp3) is 0.625. The zero-order chi connectivity index (χ0) is 20.6. The molecule has 3 fully saturated rings. The molecule has 160 valence electrons. The molecule has 0 bridgehead atoms. The maximum atomic E-state index is 14.0. The van der Waals surface area contributed by atoms with Gasteiger partial charge in [-0.3, -0.25) is 4.79 Å². The number of likely N-dealkylation sites (tertiary alicyclic amines) is 1. The minimum absolute atomic E-state index is 0.294. The third kappa shape index (κ3) is 3.50. The van der Waals surface area contributed by atoms with Crippen molar-refractivity contribution in [3.8, 4) is 5.75 Å². The van der Waals surface area contributed by atoms with Crippen LogP contribution in [0.5, 0.6) is 5.75 Å². The predicted molar refractivity (Wildman–Crippen MR) is 115 cm³/mol. The Labute approximate surface area is 178 Å². The Balaban J connectivity index is 1.40. The summed E-state index contributed by atoms with van der Waals surface area (Å²) >= 11 is 0. The summed E-state index contributed by atoms with van der Waals surface area (Å²) in [5.74, 6) is 2.53. The van der Waals surface area contributed by atoms with Gasteiger partial charge in [0.2, 0.25) is 5.91 Å². The number of rotatable bonds is 5. The average molecular weight is 409 g/mol. The lowest BCUT2D eigenvalue weighted by Crippen LogP contribution is -2.51. The zero-order valence-corrected chi connectivity index (χ0v) is 17.9. The number of carbonyl (C=O) groups is 1.